The summed E-state index contributed by atoms with van der Waals surface area (Å²) in [4.78, 5) is 24.5. The van der Waals surface area contributed by atoms with Crippen LogP contribution in [-0.2, 0) is 4.79 Å². The van der Waals surface area contributed by atoms with Gasteiger partial charge in [0.15, 0.2) is 6.61 Å². The molecule has 5 nitrogen and oxygen atoms in total. The zero-order chi connectivity index (χ0) is 21.5. The van der Waals surface area contributed by atoms with E-state index in [4.69, 9.17) is 9.47 Å². The largest absolute Gasteiger partial charge is 0.482 e. The van der Waals surface area contributed by atoms with Crippen molar-refractivity contribution in [2.75, 3.05) is 11.9 Å². The van der Waals surface area contributed by atoms with E-state index in [1.165, 1.54) is 0 Å². The molecule has 0 aliphatic carbocycles. The summed E-state index contributed by atoms with van der Waals surface area (Å²) in [6.07, 6.45) is 0. The summed E-state index contributed by atoms with van der Waals surface area (Å²) < 4.78 is 10.9. The second-order valence-corrected chi connectivity index (χ2v) is 7.30. The van der Waals surface area contributed by atoms with E-state index in [0.29, 0.717) is 17.1 Å². The predicted octanol–water partition coefficient (Wildman–Crippen LogP) is 5.36. The molecule has 3 aromatic carbocycles. The van der Waals surface area contributed by atoms with E-state index in [0.717, 1.165) is 16.8 Å². The third-order valence-electron chi connectivity index (χ3n) is 4.54. The van der Waals surface area contributed by atoms with Crippen molar-refractivity contribution in [3.63, 3.8) is 0 Å². The third kappa shape index (κ3) is 5.70. The average molecular weight is 403 g/mol. The van der Waals surface area contributed by atoms with E-state index in [-0.39, 0.29) is 18.4 Å². The molecule has 0 aromatic heterocycles. The van der Waals surface area contributed by atoms with Crippen LogP contribution in [-0.4, -0.2) is 18.5 Å². The minimum atomic E-state index is -0.509. The molecule has 0 atom stereocenters. The van der Waals surface area contributed by atoms with Crippen molar-refractivity contribution in [1.29, 1.82) is 0 Å². The Balaban J connectivity index is 1.54. The average Bonchev–Trinajstić information content (AvgIpc) is 2.74. The molecule has 0 radical (unpaired) electrons. The van der Waals surface area contributed by atoms with Gasteiger partial charge in [0.2, 0.25) is 0 Å². The molecule has 1 amide bonds. The van der Waals surface area contributed by atoms with Gasteiger partial charge in [-0.05, 0) is 60.9 Å². The number of rotatable bonds is 7. The quantitative estimate of drug-likeness (QED) is 0.426. The summed E-state index contributed by atoms with van der Waals surface area (Å²) in [5, 5.41) is 2.83. The van der Waals surface area contributed by atoms with Crippen molar-refractivity contribution in [3.8, 4) is 11.5 Å². The number of amides is 1. The van der Waals surface area contributed by atoms with Gasteiger partial charge in [0.05, 0.1) is 0 Å². The minimum Gasteiger partial charge on any atom is -0.482 e. The zero-order valence-corrected chi connectivity index (χ0v) is 17.3. The lowest BCUT2D eigenvalue weighted by Crippen LogP contribution is -2.18. The monoisotopic (exact) mass is 403 g/mol. The molecule has 5 heteroatoms. The summed E-state index contributed by atoms with van der Waals surface area (Å²) in [6, 6.07) is 21.6. The zero-order valence-electron chi connectivity index (χ0n) is 17.3. The van der Waals surface area contributed by atoms with Crippen molar-refractivity contribution < 1.29 is 19.1 Å². The number of aryl methyl sites for hydroxylation is 1. The Morgan fingerprint density at radius 1 is 0.900 bits per heavy atom. The van der Waals surface area contributed by atoms with E-state index in [1.807, 2.05) is 55.5 Å². The molecule has 0 heterocycles. The van der Waals surface area contributed by atoms with Crippen LogP contribution in [0.15, 0.2) is 72.8 Å². The molecular formula is C25H25NO4. The van der Waals surface area contributed by atoms with E-state index in [2.05, 4.69) is 19.2 Å². The van der Waals surface area contributed by atoms with Gasteiger partial charge in [-0.15, -0.1) is 0 Å². The van der Waals surface area contributed by atoms with E-state index in [9.17, 15) is 9.59 Å². The molecule has 0 fully saturated rings. The van der Waals surface area contributed by atoms with E-state index < -0.39 is 5.97 Å². The highest BCUT2D eigenvalue weighted by atomic mass is 16.6. The summed E-state index contributed by atoms with van der Waals surface area (Å²) in [7, 11) is 0. The predicted molar refractivity (Wildman–Crippen MR) is 117 cm³/mol. The van der Waals surface area contributed by atoms with Crippen molar-refractivity contribution in [2.24, 2.45) is 0 Å². The van der Waals surface area contributed by atoms with E-state index in [1.54, 1.807) is 24.3 Å². The molecule has 3 aromatic rings. The summed E-state index contributed by atoms with van der Waals surface area (Å²) >= 11 is 0. The number of esters is 1. The lowest BCUT2D eigenvalue weighted by atomic mass is 10.0. The van der Waals surface area contributed by atoms with Gasteiger partial charge in [0.25, 0.3) is 5.91 Å². The molecular weight excluding hydrogens is 378 g/mol. The molecule has 0 saturated heterocycles. The van der Waals surface area contributed by atoms with Gasteiger partial charge in [-0.25, -0.2) is 4.79 Å². The van der Waals surface area contributed by atoms with Crippen LogP contribution in [0.4, 0.5) is 5.69 Å². The van der Waals surface area contributed by atoms with Crippen molar-refractivity contribution in [1.82, 2.24) is 0 Å². The fourth-order valence-electron chi connectivity index (χ4n) is 2.90. The number of hydrogen-bond donors (Lipinski definition) is 1. The van der Waals surface area contributed by atoms with Crippen LogP contribution < -0.4 is 14.8 Å². The number of carbonyl (C=O) groups is 2. The number of para-hydroxylation sites is 1. The highest BCUT2D eigenvalue weighted by Gasteiger charge is 2.12. The van der Waals surface area contributed by atoms with Gasteiger partial charge in [0, 0.05) is 11.3 Å². The van der Waals surface area contributed by atoms with Gasteiger partial charge in [-0.3, -0.25) is 4.79 Å². The first-order chi connectivity index (χ1) is 14.4. The first-order valence-corrected chi connectivity index (χ1v) is 9.83. The first kappa shape index (κ1) is 21.1. The van der Waals surface area contributed by atoms with Crippen LogP contribution in [0, 0.1) is 6.92 Å². The van der Waals surface area contributed by atoms with Crippen molar-refractivity contribution in [3.05, 3.63) is 89.5 Å². The standard InChI is InChI=1S/C25H25NO4/c1-17(2)22-6-4-5-7-23(22)29-16-24(27)30-21-14-10-19(11-15-21)25(28)26-20-12-8-18(3)9-13-20/h4-15,17H,16H2,1-3H3,(H,26,28). The number of hydrogen-bond acceptors (Lipinski definition) is 4. The lowest BCUT2D eigenvalue weighted by molar-refractivity contribution is -0.136. The maximum absolute atomic E-state index is 12.3. The van der Waals surface area contributed by atoms with Crippen LogP contribution in [0.5, 0.6) is 11.5 Å². The van der Waals surface area contributed by atoms with Gasteiger partial charge in [-0.2, -0.15) is 0 Å². The fraction of sp³-hybridized carbons (Fsp3) is 0.200. The topological polar surface area (TPSA) is 64.6 Å². The SMILES string of the molecule is Cc1ccc(NC(=O)c2ccc(OC(=O)COc3ccccc3C(C)C)cc2)cc1. The Hall–Kier alpha value is -3.60. The van der Waals surface area contributed by atoms with Crippen LogP contribution in [0.1, 0.15) is 41.3 Å². The molecule has 3 rings (SSSR count). The summed E-state index contributed by atoms with van der Waals surface area (Å²) in [5.74, 6) is 0.576. The number of benzene rings is 3. The summed E-state index contributed by atoms with van der Waals surface area (Å²) in [6.45, 7) is 5.92. The third-order valence-corrected chi connectivity index (χ3v) is 4.54. The molecule has 0 saturated carbocycles. The molecule has 154 valence electrons. The Morgan fingerprint density at radius 3 is 2.23 bits per heavy atom. The fourth-order valence-corrected chi connectivity index (χ4v) is 2.90. The number of nitrogens with one attached hydrogen (secondary N) is 1. The maximum Gasteiger partial charge on any atom is 0.349 e. The Kier molecular flexibility index (Phi) is 6.86. The van der Waals surface area contributed by atoms with Gasteiger partial charge in [0.1, 0.15) is 11.5 Å². The van der Waals surface area contributed by atoms with Crippen LogP contribution in [0.3, 0.4) is 0 Å². The highest BCUT2D eigenvalue weighted by molar-refractivity contribution is 6.04. The van der Waals surface area contributed by atoms with Crippen LogP contribution in [0.25, 0.3) is 0 Å². The summed E-state index contributed by atoms with van der Waals surface area (Å²) in [5.41, 5.74) is 3.35. The molecule has 1 N–H and O–H groups in total. The van der Waals surface area contributed by atoms with Gasteiger partial charge < -0.3 is 14.8 Å². The second-order valence-electron chi connectivity index (χ2n) is 7.30. The molecule has 30 heavy (non-hydrogen) atoms. The highest BCUT2D eigenvalue weighted by Crippen LogP contribution is 2.25. The molecule has 0 spiro atoms. The lowest BCUT2D eigenvalue weighted by Gasteiger charge is -2.13. The van der Waals surface area contributed by atoms with Crippen LogP contribution in [0.2, 0.25) is 0 Å². The molecule has 0 bridgehead atoms. The second kappa shape index (κ2) is 9.74. The molecule has 0 aliphatic heterocycles. The Morgan fingerprint density at radius 2 is 1.57 bits per heavy atom. The molecule has 0 unspecified atom stereocenters. The normalized spacial score (nSPS) is 10.5. The number of carbonyl (C=O) groups excluding carboxylic acids is 2. The van der Waals surface area contributed by atoms with Gasteiger partial charge >= 0.3 is 5.97 Å². The maximum atomic E-state index is 12.3. The number of anilines is 1. The van der Waals surface area contributed by atoms with Crippen molar-refractivity contribution in [2.45, 2.75) is 26.7 Å². The van der Waals surface area contributed by atoms with Gasteiger partial charge in [-0.1, -0.05) is 49.7 Å². The van der Waals surface area contributed by atoms with E-state index >= 15 is 0 Å². The Labute approximate surface area is 176 Å². The smallest absolute Gasteiger partial charge is 0.349 e. The Bertz CT molecular complexity index is 1010. The molecule has 0 aliphatic rings. The number of ether oxygens (including phenoxy) is 2. The minimum absolute atomic E-state index is 0.195. The van der Waals surface area contributed by atoms with Crippen molar-refractivity contribution >= 4 is 17.6 Å². The first-order valence-electron chi connectivity index (χ1n) is 9.83. The van der Waals surface area contributed by atoms with Crippen LogP contribution >= 0.6 is 0 Å².